The predicted octanol–water partition coefficient (Wildman–Crippen LogP) is 4.60. The Balaban J connectivity index is 0.000000520. The number of allylic oxidation sites excluding steroid dienone is 2. The normalized spacial score (nSPS) is 19.3. The summed E-state index contributed by atoms with van der Waals surface area (Å²) in [5.74, 6) is 0.173. The molecule has 3 fully saturated rings. The molecule has 0 aromatic carbocycles. The van der Waals surface area contributed by atoms with Crippen molar-refractivity contribution in [3.05, 3.63) is 23.3 Å². The molecular weight excluding hydrogens is 476 g/mol. The molecule has 2 aliphatic carbocycles. The molecule has 1 heterocycles. The van der Waals surface area contributed by atoms with Gasteiger partial charge in [0.1, 0.15) is 5.72 Å². The molecule has 2 amide bonds. The van der Waals surface area contributed by atoms with Crippen LogP contribution in [0.4, 0.5) is 12.9 Å². The molecule has 0 aromatic heterocycles. The fraction of sp³-hybridized carbons (Fsp3) is 0.760. The molecule has 0 radical (unpaired) electrons. The molecule has 1 aliphatic heterocycles. The number of nitrogens with zero attached hydrogens (tertiary/aromatic N) is 1. The molecule has 2 saturated carbocycles. The molecule has 0 bridgehead atoms. The smallest absolute Gasteiger partial charge is 0.394 e. The zero-order chi connectivity index (χ0) is 27.7. The number of carbonyl (C=O) groups excluding carboxylic acids is 2. The molecule has 0 unspecified atom stereocenters. The summed E-state index contributed by atoms with van der Waals surface area (Å²) in [5.41, 5.74) is 2.37. The number of aliphatic hydroxyl groups excluding tert-OH is 1. The minimum Gasteiger partial charge on any atom is -0.394 e. The number of amides is 2. The van der Waals surface area contributed by atoms with E-state index in [1.807, 2.05) is 45.6 Å². The van der Waals surface area contributed by atoms with Crippen molar-refractivity contribution in [2.75, 3.05) is 26.4 Å². The Morgan fingerprint density at radius 2 is 1.64 bits per heavy atom. The molecule has 0 spiro atoms. The number of hydrogen-bond donors (Lipinski definition) is 2. The van der Waals surface area contributed by atoms with Crippen LogP contribution < -0.4 is 5.32 Å². The number of ether oxygens (including phenoxy) is 2. The van der Waals surface area contributed by atoms with Crippen LogP contribution in [0.25, 0.3) is 0 Å². The third kappa shape index (κ3) is 16.0. The third-order valence-corrected chi connectivity index (χ3v) is 5.31. The minimum atomic E-state index is -3.67. The van der Waals surface area contributed by atoms with Crippen molar-refractivity contribution in [3.63, 3.8) is 0 Å². The van der Waals surface area contributed by atoms with Crippen LogP contribution in [0.3, 0.4) is 0 Å². The SMILES string of the molecule is CCC(=O)N1[C@@H](C=C2CC2)COC1(C)C.CCC(=O)N[C@@H](C=C1CC1)CO.CCOCC.FB(F)F. The van der Waals surface area contributed by atoms with Gasteiger partial charge in [0.15, 0.2) is 0 Å². The van der Waals surface area contributed by atoms with Crippen LogP contribution in [0, 0.1) is 0 Å². The molecular formula is C25H44BF3N2O5. The second-order valence-corrected chi connectivity index (χ2v) is 8.83. The van der Waals surface area contributed by atoms with Gasteiger partial charge in [-0.1, -0.05) is 37.1 Å². The van der Waals surface area contributed by atoms with Gasteiger partial charge in [0.05, 0.1) is 25.3 Å². The van der Waals surface area contributed by atoms with E-state index in [1.54, 1.807) is 6.92 Å². The first-order valence-electron chi connectivity index (χ1n) is 12.7. The minimum absolute atomic E-state index is 0.00472. The Hall–Kier alpha value is -1.85. The van der Waals surface area contributed by atoms with Gasteiger partial charge in [-0.15, -0.1) is 0 Å². The Bertz CT molecular complexity index is 703. The van der Waals surface area contributed by atoms with E-state index >= 15 is 0 Å². The number of hydrogen-bond acceptors (Lipinski definition) is 5. The lowest BCUT2D eigenvalue weighted by atomic mass is 10.1. The molecule has 36 heavy (non-hydrogen) atoms. The van der Waals surface area contributed by atoms with Gasteiger partial charge in [-0.2, -0.15) is 0 Å². The second kappa shape index (κ2) is 18.4. The highest BCUT2D eigenvalue weighted by Crippen LogP contribution is 2.34. The summed E-state index contributed by atoms with van der Waals surface area (Å²) in [6.45, 7) is 13.9. The second-order valence-electron chi connectivity index (χ2n) is 8.83. The van der Waals surface area contributed by atoms with Gasteiger partial charge in [0, 0.05) is 26.1 Å². The van der Waals surface area contributed by atoms with Crippen LogP contribution in [0.15, 0.2) is 23.3 Å². The molecule has 7 nitrogen and oxygen atoms in total. The molecule has 2 atom stereocenters. The van der Waals surface area contributed by atoms with E-state index in [0.717, 1.165) is 26.1 Å². The van der Waals surface area contributed by atoms with Gasteiger partial charge < -0.3 is 24.8 Å². The highest BCUT2D eigenvalue weighted by molar-refractivity contribution is 6.33. The number of aliphatic hydroxyl groups is 1. The van der Waals surface area contributed by atoms with E-state index in [2.05, 4.69) is 11.4 Å². The molecule has 2 N–H and O–H groups in total. The molecule has 11 heteroatoms. The predicted molar refractivity (Wildman–Crippen MR) is 136 cm³/mol. The van der Waals surface area contributed by atoms with Crippen LogP contribution in [0.1, 0.15) is 80.1 Å². The molecule has 3 rings (SSSR count). The Kier molecular flexibility index (Phi) is 17.5. The van der Waals surface area contributed by atoms with E-state index in [9.17, 15) is 22.5 Å². The summed E-state index contributed by atoms with van der Waals surface area (Å²) in [6.07, 6.45) is 9.83. The van der Waals surface area contributed by atoms with E-state index < -0.39 is 13.3 Å². The first-order chi connectivity index (χ1) is 16.9. The highest BCUT2D eigenvalue weighted by Gasteiger charge is 2.42. The molecule has 3 aliphatic rings. The van der Waals surface area contributed by atoms with Crippen molar-refractivity contribution < 1.29 is 37.1 Å². The quantitative estimate of drug-likeness (QED) is 0.361. The van der Waals surface area contributed by atoms with Crippen LogP contribution in [0.2, 0.25) is 0 Å². The zero-order valence-electron chi connectivity index (χ0n) is 22.6. The summed E-state index contributed by atoms with van der Waals surface area (Å²) in [7, 11) is -3.67. The summed E-state index contributed by atoms with van der Waals surface area (Å²) in [5, 5.41) is 11.6. The number of halogens is 3. The Labute approximate surface area is 214 Å². The van der Waals surface area contributed by atoms with Gasteiger partial charge in [-0.3, -0.25) is 22.5 Å². The van der Waals surface area contributed by atoms with E-state index in [4.69, 9.17) is 14.6 Å². The highest BCUT2D eigenvalue weighted by atomic mass is 19.4. The van der Waals surface area contributed by atoms with E-state index in [-0.39, 0.29) is 30.5 Å². The first kappa shape index (κ1) is 34.2. The number of nitrogens with one attached hydrogen (secondary N) is 1. The maximum atomic E-state index is 11.9. The lowest BCUT2D eigenvalue weighted by Gasteiger charge is -2.32. The summed E-state index contributed by atoms with van der Waals surface area (Å²) in [4.78, 5) is 24.7. The van der Waals surface area contributed by atoms with E-state index in [0.29, 0.717) is 19.4 Å². The maximum absolute atomic E-state index is 11.9. The molecule has 208 valence electrons. The fourth-order valence-electron chi connectivity index (χ4n) is 3.30. The van der Waals surface area contributed by atoms with Crippen molar-refractivity contribution in [2.24, 2.45) is 0 Å². The summed E-state index contributed by atoms with van der Waals surface area (Å²) in [6, 6.07) is -0.0140. The monoisotopic (exact) mass is 520 g/mol. The largest absolute Gasteiger partial charge is 0.762 e. The number of carbonyl (C=O) groups is 2. The van der Waals surface area contributed by atoms with Gasteiger partial charge >= 0.3 is 7.54 Å². The zero-order valence-corrected chi connectivity index (χ0v) is 22.6. The van der Waals surface area contributed by atoms with Crippen molar-refractivity contribution >= 4 is 19.4 Å². The lowest BCUT2D eigenvalue weighted by Crippen LogP contribution is -2.47. The van der Waals surface area contributed by atoms with Crippen LogP contribution in [-0.4, -0.2) is 73.6 Å². The third-order valence-electron chi connectivity index (χ3n) is 5.31. The lowest BCUT2D eigenvalue weighted by molar-refractivity contribution is -0.144. The van der Waals surface area contributed by atoms with Gasteiger partial charge in [-0.05, 0) is 53.4 Å². The summed E-state index contributed by atoms with van der Waals surface area (Å²) < 4.78 is 39.5. The average Bonchev–Trinajstić information content (AvgIpc) is 3.74. The van der Waals surface area contributed by atoms with Gasteiger partial charge in [-0.25, -0.2) is 0 Å². The number of rotatable bonds is 8. The van der Waals surface area contributed by atoms with Crippen molar-refractivity contribution in [3.8, 4) is 0 Å². The standard InChI is InChI=1S/C12H19NO2.C9H15NO2.C4H10O.BF3/c1-4-11(14)13-10(7-9-5-6-9)8-15-12(13,2)3;1-2-9(12)10-8(6-11)5-7-3-4-7;1-3-5-4-2;2-1(3)4/h7,10H,4-6,8H2,1-3H3;5,8,11H,2-4,6H2,1H3,(H,10,12);3-4H2,1-2H3;/t10-;8-;;/m00../s1. The van der Waals surface area contributed by atoms with Crippen LogP contribution >= 0.6 is 0 Å². The van der Waals surface area contributed by atoms with Crippen molar-refractivity contribution in [1.29, 1.82) is 0 Å². The van der Waals surface area contributed by atoms with Crippen molar-refractivity contribution in [2.45, 2.75) is 97.9 Å². The Morgan fingerprint density at radius 3 is 2.00 bits per heavy atom. The molecule has 1 saturated heterocycles. The van der Waals surface area contributed by atoms with Crippen LogP contribution in [-0.2, 0) is 19.1 Å². The van der Waals surface area contributed by atoms with E-state index in [1.165, 1.54) is 24.0 Å². The van der Waals surface area contributed by atoms with Crippen molar-refractivity contribution in [1.82, 2.24) is 10.2 Å². The van der Waals surface area contributed by atoms with Gasteiger partial charge in [0.2, 0.25) is 11.8 Å². The van der Waals surface area contributed by atoms with Crippen LogP contribution in [0.5, 0.6) is 0 Å². The van der Waals surface area contributed by atoms with Gasteiger partial charge in [0.25, 0.3) is 0 Å². The average molecular weight is 520 g/mol. The summed E-state index contributed by atoms with van der Waals surface area (Å²) >= 11 is 0. The topological polar surface area (TPSA) is 88.1 Å². The molecule has 0 aromatic rings. The Morgan fingerprint density at radius 1 is 1.11 bits per heavy atom. The maximum Gasteiger partial charge on any atom is 0.762 e. The fourth-order valence-corrected chi connectivity index (χ4v) is 3.30. The first-order valence-corrected chi connectivity index (χ1v) is 12.7.